The third-order valence-corrected chi connectivity index (χ3v) is 4.71. The van der Waals surface area contributed by atoms with Gasteiger partial charge in [-0.15, -0.1) is 0 Å². The molecule has 130 valence electrons. The van der Waals surface area contributed by atoms with Crippen LogP contribution in [0.15, 0.2) is 24.3 Å². The second-order valence-corrected chi connectivity index (χ2v) is 7.36. The van der Waals surface area contributed by atoms with Gasteiger partial charge < -0.3 is 10.1 Å². The first-order valence-electron chi connectivity index (χ1n) is 8.56. The molecule has 0 saturated heterocycles. The number of hydrogen-bond acceptors (Lipinski definition) is 3. The number of benzene rings is 1. The van der Waals surface area contributed by atoms with E-state index in [9.17, 15) is 4.79 Å². The van der Waals surface area contributed by atoms with Gasteiger partial charge in [-0.3, -0.25) is 4.79 Å². The molecule has 0 aliphatic heterocycles. The van der Waals surface area contributed by atoms with Gasteiger partial charge in [0.2, 0.25) is 0 Å². The number of nitrogens with zero attached hydrogens (tertiary/aromatic N) is 1. The lowest BCUT2D eigenvalue weighted by Gasteiger charge is -2.29. The van der Waals surface area contributed by atoms with E-state index in [0.717, 1.165) is 38.5 Å². The summed E-state index contributed by atoms with van der Waals surface area (Å²) in [6, 6.07) is 9.52. The number of ether oxygens (including phenoxy) is 1. The maximum atomic E-state index is 12.6. The summed E-state index contributed by atoms with van der Waals surface area (Å²) in [5, 5.41) is 12.8. The predicted octanol–water partition coefficient (Wildman–Crippen LogP) is 4.48. The number of nitriles is 1. The Bertz CT molecular complexity index is 582. The molecule has 0 heterocycles. The molecule has 0 unspecified atom stereocenters. The molecule has 2 rings (SSSR count). The summed E-state index contributed by atoms with van der Waals surface area (Å²) in [5.41, 5.74) is -0.953. The number of amides is 1. The van der Waals surface area contributed by atoms with Crippen LogP contribution in [0.3, 0.4) is 0 Å². The third-order valence-electron chi connectivity index (χ3n) is 4.46. The molecule has 4 nitrogen and oxygen atoms in total. The Hall–Kier alpha value is -1.73. The van der Waals surface area contributed by atoms with Gasteiger partial charge >= 0.3 is 0 Å². The normalized spacial score (nSPS) is 21.9. The van der Waals surface area contributed by atoms with Crippen molar-refractivity contribution in [2.45, 2.75) is 64.0 Å². The zero-order valence-corrected chi connectivity index (χ0v) is 15.1. The summed E-state index contributed by atoms with van der Waals surface area (Å²) in [7, 11) is 0. The summed E-state index contributed by atoms with van der Waals surface area (Å²) >= 11 is 5.87. The van der Waals surface area contributed by atoms with Crippen molar-refractivity contribution in [2.75, 3.05) is 0 Å². The Balaban J connectivity index is 1.90. The van der Waals surface area contributed by atoms with Gasteiger partial charge in [-0.05, 0) is 63.8 Å². The van der Waals surface area contributed by atoms with Crippen molar-refractivity contribution in [3.8, 4) is 11.8 Å². The van der Waals surface area contributed by atoms with Gasteiger partial charge in [-0.1, -0.05) is 24.4 Å². The van der Waals surface area contributed by atoms with Crippen LogP contribution in [0.2, 0.25) is 5.02 Å². The lowest BCUT2D eigenvalue weighted by Crippen LogP contribution is -2.50. The average molecular weight is 349 g/mol. The molecular weight excluding hydrogens is 324 g/mol. The molecule has 1 N–H and O–H groups in total. The zero-order valence-electron chi connectivity index (χ0n) is 14.3. The molecule has 1 saturated carbocycles. The molecule has 0 aromatic heterocycles. The zero-order chi connectivity index (χ0) is 17.6. The lowest BCUT2D eigenvalue weighted by atomic mass is 9.89. The fourth-order valence-corrected chi connectivity index (χ4v) is 3.11. The SMILES string of the molecule is CC(C)(Oc1ccc(Cl)cc1)C(=O)NC1CCCC(C#N)CCC1. The van der Waals surface area contributed by atoms with Gasteiger partial charge in [0, 0.05) is 17.0 Å². The first-order valence-corrected chi connectivity index (χ1v) is 8.93. The number of carbonyl (C=O) groups excluding carboxylic acids is 1. The van der Waals surface area contributed by atoms with E-state index in [0.29, 0.717) is 10.8 Å². The van der Waals surface area contributed by atoms with Crippen LogP contribution in [0.1, 0.15) is 52.4 Å². The smallest absolute Gasteiger partial charge is 0.263 e. The molecule has 0 bridgehead atoms. The molecule has 24 heavy (non-hydrogen) atoms. The first-order chi connectivity index (χ1) is 11.4. The molecule has 1 aromatic carbocycles. The summed E-state index contributed by atoms with van der Waals surface area (Å²) in [4.78, 5) is 12.6. The number of rotatable bonds is 4. The fourth-order valence-electron chi connectivity index (χ4n) is 2.99. The van der Waals surface area contributed by atoms with Crippen molar-refractivity contribution in [2.24, 2.45) is 5.92 Å². The van der Waals surface area contributed by atoms with E-state index in [1.807, 2.05) is 0 Å². The van der Waals surface area contributed by atoms with Crippen LogP contribution < -0.4 is 10.1 Å². The second kappa shape index (κ2) is 8.39. The molecule has 1 aliphatic carbocycles. The molecule has 0 spiro atoms. The van der Waals surface area contributed by atoms with Crippen molar-refractivity contribution in [1.82, 2.24) is 5.32 Å². The molecule has 1 aromatic rings. The maximum Gasteiger partial charge on any atom is 0.263 e. The predicted molar refractivity (Wildman–Crippen MR) is 94.9 cm³/mol. The van der Waals surface area contributed by atoms with Crippen molar-refractivity contribution in [1.29, 1.82) is 5.26 Å². The van der Waals surface area contributed by atoms with Gasteiger partial charge in [-0.2, -0.15) is 5.26 Å². The Morgan fingerprint density at radius 3 is 2.33 bits per heavy atom. The van der Waals surface area contributed by atoms with Crippen LogP contribution in [-0.4, -0.2) is 17.6 Å². The van der Waals surface area contributed by atoms with E-state index in [1.165, 1.54) is 0 Å². The Morgan fingerprint density at radius 2 is 1.79 bits per heavy atom. The molecule has 1 aliphatic rings. The van der Waals surface area contributed by atoms with Crippen molar-refractivity contribution in [3.63, 3.8) is 0 Å². The second-order valence-electron chi connectivity index (χ2n) is 6.92. The van der Waals surface area contributed by atoms with Crippen molar-refractivity contribution in [3.05, 3.63) is 29.3 Å². The summed E-state index contributed by atoms with van der Waals surface area (Å²) in [6.45, 7) is 3.54. The maximum absolute atomic E-state index is 12.6. The van der Waals surface area contributed by atoms with Crippen LogP contribution in [0, 0.1) is 17.2 Å². The Morgan fingerprint density at radius 1 is 1.21 bits per heavy atom. The molecule has 1 amide bonds. The van der Waals surface area contributed by atoms with Crippen LogP contribution in [0.25, 0.3) is 0 Å². The number of carbonyl (C=O) groups is 1. The molecule has 1 fully saturated rings. The van der Waals surface area contributed by atoms with E-state index < -0.39 is 5.60 Å². The van der Waals surface area contributed by atoms with Gasteiger partial charge in [0.1, 0.15) is 5.75 Å². The standard InChI is InChI=1S/C19H25ClN2O2/c1-19(2,24-17-11-9-15(20)10-12-17)18(23)22-16-7-3-5-14(13-21)6-4-8-16/h9-12,14,16H,3-8H2,1-2H3,(H,22,23). The summed E-state index contributed by atoms with van der Waals surface area (Å²) < 4.78 is 5.84. The minimum absolute atomic E-state index is 0.111. The third kappa shape index (κ3) is 5.42. The summed E-state index contributed by atoms with van der Waals surface area (Å²) in [6.07, 6.45) is 5.63. The average Bonchev–Trinajstić information content (AvgIpc) is 2.51. The van der Waals surface area contributed by atoms with Crippen LogP contribution >= 0.6 is 11.6 Å². The molecule has 0 atom stereocenters. The quantitative estimate of drug-likeness (QED) is 0.872. The topological polar surface area (TPSA) is 62.1 Å². The van der Waals surface area contributed by atoms with E-state index in [-0.39, 0.29) is 17.9 Å². The largest absolute Gasteiger partial charge is 0.478 e. The van der Waals surface area contributed by atoms with Crippen molar-refractivity contribution < 1.29 is 9.53 Å². The van der Waals surface area contributed by atoms with Gasteiger partial charge in [-0.25, -0.2) is 0 Å². The van der Waals surface area contributed by atoms with E-state index in [4.69, 9.17) is 21.6 Å². The summed E-state index contributed by atoms with van der Waals surface area (Å²) in [5.74, 6) is 0.681. The number of hydrogen-bond donors (Lipinski definition) is 1. The molecular formula is C19H25ClN2O2. The number of halogens is 1. The van der Waals surface area contributed by atoms with Gasteiger partial charge in [0.25, 0.3) is 5.91 Å². The van der Waals surface area contributed by atoms with Gasteiger partial charge in [0.15, 0.2) is 5.60 Å². The van der Waals surface area contributed by atoms with Crippen LogP contribution in [0.4, 0.5) is 0 Å². The van der Waals surface area contributed by atoms with Crippen LogP contribution in [0.5, 0.6) is 5.75 Å². The highest BCUT2D eigenvalue weighted by Gasteiger charge is 2.31. The van der Waals surface area contributed by atoms with Gasteiger partial charge in [0.05, 0.1) is 6.07 Å². The van der Waals surface area contributed by atoms with Crippen LogP contribution in [-0.2, 0) is 4.79 Å². The molecule has 5 heteroatoms. The highest BCUT2D eigenvalue weighted by molar-refractivity contribution is 6.30. The Labute approximate surface area is 149 Å². The van der Waals surface area contributed by atoms with E-state index >= 15 is 0 Å². The highest BCUT2D eigenvalue weighted by atomic mass is 35.5. The lowest BCUT2D eigenvalue weighted by molar-refractivity contribution is -0.135. The first kappa shape index (κ1) is 18.6. The monoisotopic (exact) mass is 348 g/mol. The van der Waals surface area contributed by atoms with E-state index in [2.05, 4.69) is 11.4 Å². The Kier molecular flexibility index (Phi) is 6.51. The minimum atomic E-state index is -0.953. The fraction of sp³-hybridized carbons (Fsp3) is 0.579. The molecule has 0 radical (unpaired) electrons. The number of nitrogens with one attached hydrogen (secondary N) is 1. The minimum Gasteiger partial charge on any atom is -0.478 e. The van der Waals surface area contributed by atoms with E-state index in [1.54, 1.807) is 38.1 Å². The van der Waals surface area contributed by atoms with Crippen molar-refractivity contribution >= 4 is 17.5 Å². The highest BCUT2D eigenvalue weighted by Crippen LogP contribution is 2.24.